The van der Waals surface area contributed by atoms with E-state index in [2.05, 4.69) is 4.99 Å². The second-order valence-corrected chi connectivity index (χ2v) is 6.31. The fourth-order valence-corrected chi connectivity index (χ4v) is 2.76. The molecule has 3 rings (SSSR count). The number of hydrogen-bond donors (Lipinski definition) is 2. The zero-order valence-electron chi connectivity index (χ0n) is 14.9. The Bertz CT molecular complexity index is 1090. The van der Waals surface area contributed by atoms with E-state index in [1.165, 1.54) is 6.07 Å². The van der Waals surface area contributed by atoms with Gasteiger partial charge in [0.1, 0.15) is 16.9 Å². The molecule has 0 aliphatic carbocycles. The molecule has 0 aliphatic rings. The Balaban J connectivity index is 1.76. The topological polar surface area (TPSA) is 121 Å². The van der Waals surface area contributed by atoms with Crippen LogP contribution in [0.4, 0.5) is 0 Å². The molecule has 0 unspecified atom stereocenters. The van der Waals surface area contributed by atoms with Crippen molar-refractivity contribution in [3.05, 3.63) is 75.6 Å². The first-order valence-corrected chi connectivity index (χ1v) is 8.99. The summed E-state index contributed by atoms with van der Waals surface area (Å²) >= 11 is 5.82. The summed E-state index contributed by atoms with van der Waals surface area (Å²) in [5.41, 5.74) is 11.8. The van der Waals surface area contributed by atoms with Crippen molar-refractivity contribution in [1.29, 1.82) is 0 Å². The lowest BCUT2D eigenvalue weighted by molar-refractivity contribution is 0.0730. The number of nitrogens with two attached hydrogens (primary N) is 2. The van der Waals surface area contributed by atoms with Gasteiger partial charge < -0.3 is 20.6 Å². The number of nitrogens with zero attached hydrogens (tertiary/aromatic N) is 1. The van der Waals surface area contributed by atoms with E-state index in [0.717, 1.165) is 11.1 Å². The van der Waals surface area contributed by atoms with E-state index in [0.29, 0.717) is 35.6 Å². The van der Waals surface area contributed by atoms with Gasteiger partial charge in [-0.2, -0.15) is 0 Å². The zero-order valence-corrected chi connectivity index (χ0v) is 15.6. The predicted octanol–water partition coefficient (Wildman–Crippen LogP) is 2.57. The lowest BCUT2D eigenvalue weighted by atomic mass is 10.1. The van der Waals surface area contributed by atoms with E-state index in [-0.39, 0.29) is 11.5 Å². The summed E-state index contributed by atoms with van der Waals surface area (Å²) in [6.45, 7) is 0.462. The maximum Gasteiger partial charge on any atom is 0.351 e. The average molecular weight is 400 g/mol. The van der Waals surface area contributed by atoms with Crippen molar-refractivity contribution in [2.45, 2.75) is 12.3 Å². The molecule has 4 N–H and O–H groups in total. The quantitative estimate of drug-likeness (QED) is 0.164. The summed E-state index contributed by atoms with van der Waals surface area (Å²) in [5, 5.41) is 0.597. The van der Waals surface area contributed by atoms with Crippen molar-refractivity contribution in [3.8, 4) is 5.75 Å². The molecule has 3 aromatic rings. The van der Waals surface area contributed by atoms with Gasteiger partial charge in [0.05, 0.1) is 0 Å². The highest BCUT2D eigenvalue weighted by Crippen LogP contribution is 2.19. The molecule has 0 spiro atoms. The first kappa shape index (κ1) is 19.4. The van der Waals surface area contributed by atoms with Crippen LogP contribution in [-0.4, -0.2) is 18.5 Å². The molecule has 0 atom stereocenters. The Morgan fingerprint density at radius 1 is 1.07 bits per heavy atom. The smallest absolute Gasteiger partial charge is 0.351 e. The number of carbonyl (C=O) groups is 1. The fraction of sp³-hybridized carbons (Fsp3) is 0.150. The minimum Gasteiger partial charge on any atom is -0.423 e. The van der Waals surface area contributed by atoms with E-state index >= 15 is 0 Å². The number of esters is 1. The molecule has 1 heterocycles. The van der Waals surface area contributed by atoms with Gasteiger partial charge in [0, 0.05) is 17.8 Å². The van der Waals surface area contributed by atoms with Crippen molar-refractivity contribution in [2.75, 3.05) is 6.54 Å². The first-order valence-electron chi connectivity index (χ1n) is 8.45. The summed E-state index contributed by atoms with van der Waals surface area (Å²) < 4.78 is 10.5. The second kappa shape index (κ2) is 8.58. The third kappa shape index (κ3) is 4.69. The number of alkyl halides is 1. The van der Waals surface area contributed by atoms with E-state index in [9.17, 15) is 9.59 Å². The molecule has 1 aromatic heterocycles. The predicted molar refractivity (Wildman–Crippen MR) is 108 cm³/mol. The van der Waals surface area contributed by atoms with Crippen LogP contribution in [-0.2, 0) is 12.3 Å². The van der Waals surface area contributed by atoms with Gasteiger partial charge in [0.2, 0.25) is 0 Å². The molecule has 28 heavy (non-hydrogen) atoms. The molecule has 0 saturated heterocycles. The largest absolute Gasteiger partial charge is 0.423 e. The number of fused-ring (bicyclic) bond motifs is 1. The fourth-order valence-electron chi connectivity index (χ4n) is 2.60. The number of aliphatic imine (C=N–C) groups is 1. The summed E-state index contributed by atoms with van der Waals surface area (Å²) in [4.78, 5) is 28.4. The molecule has 0 aliphatic heterocycles. The Morgan fingerprint density at radius 3 is 2.46 bits per heavy atom. The normalized spacial score (nSPS) is 10.6. The molecule has 0 radical (unpaired) electrons. The molecule has 0 fully saturated rings. The van der Waals surface area contributed by atoms with Crippen LogP contribution in [0.15, 0.2) is 62.7 Å². The second-order valence-electron chi connectivity index (χ2n) is 6.04. The van der Waals surface area contributed by atoms with Gasteiger partial charge >= 0.3 is 11.6 Å². The molecule has 0 amide bonds. The first-order chi connectivity index (χ1) is 13.5. The molecule has 8 heteroatoms. The maximum atomic E-state index is 12.4. The number of carbonyl (C=O) groups excluding carboxylic acids is 1. The van der Waals surface area contributed by atoms with Gasteiger partial charge in [-0.05, 0) is 47.9 Å². The summed E-state index contributed by atoms with van der Waals surface area (Å²) in [5.74, 6) is -0.132. The minimum absolute atomic E-state index is 0.0398. The van der Waals surface area contributed by atoms with Crippen LogP contribution in [0.1, 0.15) is 21.5 Å². The molecular formula is C20H18ClN3O4. The van der Waals surface area contributed by atoms with Gasteiger partial charge in [-0.3, -0.25) is 4.99 Å². The Morgan fingerprint density at radius 2 is 1.79 bits per heavy atom. The summed E-state index contributed by atoms with van der Waals surface area (Å²) in [6, 6.07) is 13.5. The number of ether oxygens (including phenoxy) is 1. The van der Waals surface area contributed by atoms with Crippen molar-refractivity contribution in [2.24, 2.45) is 16.5 Å². The molecule has 0 saturated carbocycles. The molecule has 144 valence electrons. The van der Waals surface area contributed by atoms with Crippen molar-refractivity contribution in [1.82, 2.24) is 0 Å². The van der Waals surface area contributed by atoms with Gasteiger partial charge in [0.15, 0.2) is 5.96 Å². The van der Waals surface area contributed by atoms with Gasteiger partial charge in [-0.15, -0.1) is 11.6 Å². The molecular weight excluding hydrogens is 382 g/mol. The molecule has 2 aromatic carbocycles. The van der Waals surface area contributed by atoms with E-state index < -0.39 is 11.6 Å². The monoisotopic (exact) mass is 399 g/mol. The standard InChI is InChI=1S/C20H18ClN3O4/c21-11-13-3-6-17-14(9-13)10-16(19(26)28-17)18(25)27-15-4-1-12(2-5-15)7-8-24-20(22)23/h1-6,9-10H,7-8,11H2,(H4,22,23,24). The van der Waals surface area contributed by atoms with E-state index in [1.54, 1.807) is 42.5 Å². The van der Waals surface area contributed by atoms with Gasteiger partial charge in [-0.1, -0.05) is 18.2 Å². The minimum atomic E-state index is -0.791. The number of rotatable bonds is 6. The highest BCUT2D eigenvalue weighted by atomic mass is 35.5. The van der Waals surface area contributed by atoms with Crippen molar-refractivity contribution < 1.29 is 13.9 Å². The van der Waals surface area contributed by atoms with Gasteiger partial charge in [-0.25, -0.2) is 9.59 Å². The Kier molecular flexibility index (Phi) is 5.96. The van der Waals surface area contributed by atoms with Crippen molar-refractivity contribution >= 4 is 34.5 Å². The van der Waals surface area contributed by atoms with E-state index in [1.807, 2.05) is 0 Å². The zero-order chi connectivity index (χ0) is 20.1. The third-order valence-corrected chi connectivity index (χ3v) is 4.31. The van der Waals surface area contributed by atoms with Gasteiger partial charge in [0.25, 0.3) is 0 Å². The number of benzene rings is 2. The summed E-state index contributed by atoms with van der Waals surface area (Å²) in [7, 11) is 0. The van der Waals surface area contributed by atoms with Crippen LogP contribution in [0, 0.1) is 0 Å². The summed E-state index contributed by atoms with van der Waals surface area (Å²) in [6.07, 6.45) is 0.642. The lowest BCUT2D eigenvalue weighted by Crippen LogP contribution is -2.23. The number of guanidine groups is 1. The maximum absolute atomic E-state index is 12.4. The number of hydrogen-bond acceptors (Lipinski definition) is 5. The Hall–Kier alpha value is -3.32. The van der Waals surface area contributed by atoms with Crippen molar-refractivity contribution in [3.63, 3.8) is 0 Å². The average Bonchev–Trinajstić information content (AvgIpc) is 2.68. The van der Waals surface area contributed by atoms with Crippen LogP contribution in [0.25, 0.3) is 11.0 Å². The molecule has 0 bridgehead atoms. The van der Waals surface area contributed by atoms with E-state index in [4.69, 9.17) is 32.2 Å². The number of halogens is 1. The molecule has 7 nitrogen and oxygen atoms in total. The highest BCUT2D eigenvalue weighted by molar-refractivity contribution is 6.17. The van der Waals surface area contributed by atoms with Crippen LogP contribution >= 0.6 is 11.6 Å². The third-order valence-electron chi connectivity index (χ3n) is 4.00. The van der Waals surface area contributed by atoms with Crippen LogP contribution in [0.3, 0.4) is 0 Å². The highest BCUT2D eigenvalue weighted by Gasteiger charge is 2.16. The van der Waals surface area contributed by atoms with Crippen LogP contribution in [0.2, 0.25) is 0 Å². The Labute approximate surface area is 165 Å². The van der Waals surface area contributed by atoms with Crippen LogP contribution < -0.4 is 21.8 Å². The lowest BCUT2D eigenvalue weighted by Gasteiger charge is -2.06. The SMILES string of the molecule is NC(N)=NCCc1ccc(OC(=O)c2cc3cc(CCl)ccc3oc2=O)cc1. The van der Waals surface area contributed by atoms with Crippen LogP contribution in [0.5, 0.6) is 5.75 Å².